The summed E-state index contributed by atoms with van der Waals surface area (Å²) in [4.78, 5) is 21.0. The first-order valence-electron chi connectivity index (χ1n) is 10.5. The topological polar surface area (TPSA) is 105 Å². The lowest BCUT2D eigenvalue weighted by atomic mass is 10.1. The maximum atomic E-state index is 13.2. The monoisotopic (exact) mass is 436 g/mol. The predicted octanol–water partition coefficient (Wildman–Crippen LogP) is 2.93. The number of anilines is 1. The molecule has 5 aromatic rings. The van der Waals surface area contributed by atoms with Gasteiger partial charge in [0.15, 0.2) is 22.5 Å². The number of nitrogens with one attached hydrogen (secondary N) is 2. The average molecular weight is 436 g/mol. The van der Waals surface area contributed by atoms with Crippen molar-refractivity contribution in [3.05, 3.63) is 83.9 Å². The fraction of sp³-hybridized carbons (Fsp3) is 0.120. The molecule has 0 aliphatic carbocycles. The molecule has 0 aliphatic rings. The zero-order chi connectivity index (χ0) is 22.9. The Bertz CT molecular complexity index is 1550. The zero-order valence-corrected chi connectivity index (χ0v) is 18.2. The van der Waals surface area contributed by atoms with Gasteiger partial charge >= 0.3 is 0 Å². The van der Waals surface area contributed by atoms with Crippen LogP contribution in [-0.4, -0.2) is 25.5 Å². The summed E-state index contributed by atoms with van der Waals surface area (Å²) in [5.74, 6) is 6.77. The van der Waals surface area contributed by atoms with E-state index in [0.29, 0.717) is 5.65 Å². The van der Waals surface area contributed by atoms with E-state index in [1.807, 2.05) is 62.4 Å². The number of fused-ring (bicyclic) bond motifs is 2. The number of aromatic nitrogens is 5. The van der Waals surface area contributed by atoms with Crippen molar-refractivity contribution in [1.29, 1.82) is 0 Å². The second kappa shape index (κ2) is 8.13. The minimum Gasteiger partial charge on any atom is -0.381 e. The van der Waals surface area contributed by atoms with Crippen LogP contribution >= 0.6 is 0 Å². The number of rotatable bonds is 4. The van der Waals surface area contributed by atoms with Gasteiger partial charge in [-0.2, -0.15) is 4.57 Å². The van der Waals surface area contributed by atoms with E-state index in [4.69, 9.17) is 5.73 Å². The molecule has 0 spiro atoms. The number of hydrogen-bond acceptors (Lipinski definition) is 4. The van der Waals surface area contributed by atoms with Gasteiger partial charge in [0.1, 0.15) is 17.3 Å². The minimum absolute atomic E-state index is 0.131. The molecule has 0 unspecified atom stereocenters. The highest BCUT2D eigenvalue weighted by Gasteiger charge is 2.29. The summed E-state index contributed by atoms with van der Waals surface area (Å²) in [6.45, 7) is 3.74. The number of nitrogens with two attached hydrogens (primary N) is 1. The number of hydrogen-bond donors (Lipinski definition) is 3. The summed E-state index contributed by atoms with van der Waals surface area (Å²) in [6.07, 6.45) is 3.31. The molecule has 3 aromatic heterocycles. The van der Waals surface area contributed by atoms with Gasteiger partial charge in [0.05, 0.1) is 5.56 Å². The first-order chi connectivity index (χ1) is 16.1. The van der Waals surface area contributed by atoms with E-state index in [0.717, 1.165) is 28.1 Å². The molecule has 0 radical (unpaired) electrons. The number of aromatic amines is 1. The smallest absolute Gasteiger partial charge is 0.283 e. The van der Waals surface area contributed by atoms with Crippen LogP contribution in [0.3, 0.4) is 0 Å². The molecule has 1 atom stereocenters. The van der Waals surface area contributed by atoms with E-state index in [1.54, 1.807) is 18.5 Å². The molecule has 0 saturated carbocycles. The summed E-state index contributed by atoms with van der Waals surface area (Å²) in [6, 6.07) is 17.3. The van der Waals surface area contributed by atoms with Crippen LogP contribution in [0.1, 0.15) is 41.6 Å². The highest BCUT2D eigenvalue weighted by Crippen LogP contribution is 2.22. The third kappa shape index (κ3) is 3.46. The second-order valence-corrected chi connectivity index (χ2v) is 7.60. The Balaban J connectivity index is 1.62. The van der Waals surface area contributed by atoms with Gasteiger partial charge < -0.3 is 11.1 Å². The lowest BCUT2D eigenvalue weighted by molar-refractivity contribution is -0.578. The van der Waals surface area contributed by atoms with Crippen LogP contribution in [0, 0.1) is 11.8 Å². The van der Waals surface area contributed by atoms with E-state index >= 15 is 0 Å². The molecule has 5 rings (SSSR count). The van der Waals surface area contributed by atoms with Crippen molar-refractivity contribution in [3.63, 3.8) is 0 Å². The van der Waals surface area contributed by atoms with E-state index in [1.165, 1.54) is 4.52 Å². The minimum atomic E-state index is -0.384. The number of para-hydroxylation sites is 2. The third-order valence-corrected chi connectivity index (χ3v) is 5.44. The van der Waals surface area contributed by atoms with Crippen LogP contribution in [0.4, 0.5) is 5.82 Å². The first kappa shape index (κ1) is 20.3. The normalized spacial score (nSPS) is 11.8. The van der Waals surface area contributed by atoms with Crippen molar-refractivity contribution in [2.45, 2.75) is 19.9 Å². The number of nitrogen functional groups attached to an aromatic ring is 1. The van der Waals surface area contributed by atoms with Crippen LogP contribution in [-0.2, 0) is 0 Å². The van der Waals surface area contributed by atoms with Crippen molar-refractivity contribution in [2.75, 3.05) is 5.73 Å². The van der Waals surface area contributed by atoms with Crippen LogP contribution in [0.25, 0.3) is 22.4 Å². The Labute approximate surface area is 190 Å². The van der Waals surface area contributed by atoms with Crippen LogP contribution in [0.5, 0.6) is 0 Å². The summed E-state index contributed by atoms with van der Waals surface area (Å²) < 4.78 is 3.59. The molecule has 0 bridgehead atoms. The number of amides is 1. The molecular weight excluding hydrogens is 414 g/mol. The molecule has 1 amide bonds. The summed E-state index contributed by atoms with van der Waals surface area (Å²) >= 11 is 0. The number of H-pyrrole nitrogens is 1. The quantitative estimate of drug-likeness (QED) is 0.298. The molecular formula is C25H22N7O+. The van der Waals surface area contributed by atoms with Gasteiger partial charge in [-0.25, -0.2) is 14.5 Å². The Morgan fingerprint density at radius 3 is 2.79 bits per heavy atom. The number of nitrogens with zero attached hydrogens (tertiary/aromatic N) is 4. The Kier molecular flexibility index (Phi) is 4.99. The lowest BCUT2D eigenvalue weighted by Crippen LogP contribution is -2.40. The van der Waals surface area contributed by atoms with E-state index < -0.39 is 0 Å². The van der Waals surface area contributed by atoms with E-state index in [-0.39, 0.29) is 23.3 Å². The molecule has 3 heterocycles. The highest BCUT2D eigenvalue weighted by atomic mass is 16.1. The average Bonchev–Trinajstić information content (AvgIpc) is 3.38. The molecule has 0 aliphatic heterocycles. The zero-order valence-electron chi connectivity index (χ0n) is 18.2. The molecule has 162 valence electrons. The van der Waals surface area contributed by atoms with Gasteiger partial charge in [-0.3, -0.25) is 4.79 Å². The predicted molar refractivity (Wildman–Crippen MR) is 126 cm³/mol. The largest absolute Gasteiger partial charge is 0.381 e. The molecule has 2 aromatic carbocycles. The van der Waals surface area contributed by atoms with Crippen LogP contribution in [0.15, 0.2) is 67.0 Å². The fourth-order valence-corrected chi connectivity index (χ4v) is 4.04. The fourth-order valence-electron chi connectivity index (χ4n) is 4.04. The van der Waals surface area contributed by atoms with Gasteiger partial charge in [0.2, 0.25) is 0 Å². The number of benzene rings is 2. The van der Waals surface area contributed by atoms with Gasteiger partial charge in [0.25, 0.3) is 11.7 Å². The van der Waals surface area contributed by atoms with Gasteiger partial charge in [-0.1, -0.05) is 30.2 Å². The maximum absolute atomic E-state index is 13.2. The summed E-state index contributed by atoms with van der Waals surface area (Å²) in [5.41, 5.74) is 10.4. The maximum Gasteiger partial charge on any atom is 0.283 e. The molecule has 8 heteroatoms. The number of imidazole rings is 1. The molecule has 33 heavy (non-hydrogen) atoms. The molecule has 4 N–H and O–H groups in total. The Morgan fingerprint density at radius 2 is 2.00 bits per heavy atom. The summed E-state index contributed by atoms with van der Waals surface area (Å²) in [5, 5.41) is 7.24. The first-order valence-corrected chi connectivity index (χ1v) is 10.5. The standard InChI is InChI=1S/C25H21N7O/c1-3-9-17-10-7-13-19-21(17)32(18-11-5-4-6-12-18)23(29-19)16(2)28-25(33)20-22(26)30-31-15-8-14-27-24(20)31/h4-8,10-16H,1-2H3,(H3,26,28,30,33)/p+1/t16-/m1/s1. The van der Waals surface area contributed by atoms with Crippen molar-refractivity contribution < 1.29 is 9.36 Å². The van der Waals surface area contributed by atoms with Crippen molar-refractivity contribution in [3.8, 4) is 17.5 Å². The van der Waals surface area contributed by atoms with Crippen molar-refractivity contribution >= 4 is 28.4 Å². The molecule has 0 saturated heterocycles. The summed E-state index contributed by atoms with van der Waals surface area (Å²) in [7, 11) is 0. The van der Waals surface area contributed by atoms with Gasteiger partial charge in [-0.15, -0.1) is 11.0 Å². The van der Waals surface area contributed by atoms with Gasteiger partial charge in [-0.05, 0) is 44.2 Å². The Morgan fingerprint density at radius 1 is 1.18 bits per heavy atom. The SMILES string of the molecule is CC#Cc1cccc2[nH]c([C@@H](C)NC(=O)c3c(N)nn4cccnc34)[n+](-c3ccccc3)c12. The van der Waals surface area contributed by atoms with Crippen LogP contribution in [0.2, 0.25) is 0 Å². The number of carbonyl (C=O) groups excluding carboxylic acids is 1. The molecule has 8 nitrogen and oxygen atoms in total. The third-order valence-electron chi connectivity index (χ3n) is 5.44. The van der Waals surface area contributed by atoms with Crippen LogP contribution < -0.4 is 15.6 Å². The van der Waals surface area contributed by atoms with Crippen molar-refractivity contribution in [1.82, 2.24) is 24.9 Å². The lowest BCUT2D eigenvalue weighted by Gasteiger charge is -2.11. The highest BCUT2D eigenvalue weighted by molar-refractivity contribution is 6.04. The second-order valence-electron chi connectivity index (χ2n) is 7.60. The Hall–Kier alpha value is -4.64. The van der Waals surface area contributed by atoms with E-state index in [2.05, 4.69) is 36.8 Å². The number of carbonyl (C=O) groups is 1. The van der Waals surface area contributed by atoms with E-state index in [9.17, 15) is 4.79 Å². The van der Waals surface area contributed by atoms with Crippen molar-refractivity contribution in [2.24, 2.45) is 0 Å². The van der Waals surface area contributed by atoms with Gasteiger partial charge in [0, 0.05) is 12.4 Å². The molecule has 0 fully saturated rings.